The number of aldehydes is 1. The Kier molecular flexibility index (Phi) is 4.89. The van der Waals surface area contributed by atoms with Gasteiger partial charge in [0.15, 0.2) is 6.29 Å². The van der Waals surface area contributed by atoms with E-state index in [2.05, 4.69) is 0 Å². The molecule has 0 aliphatic carbocycles. The van der Waals surface area contributed by atoms with E-state index in [0.717, 1.165) is 0 Å². The van der Waals surface area contributed by atoms with Gasteiger partial charge >= 0.3 is 0 Å². The van der Waals surface area contributed by atoms with E-state index in [1.807, 2.05) is 0 Å². The number of hydrogen-bond donors (Lipinski definition) is 3. The zero-order valence-electron chi connectivity index (χ0n) is 8.51. The summed E-state index contributed by atoms with van der Waals surface area (Å²) >= 11 is 5.78. The Morgan fingerprint density at radius 3 is 2.62 bits per heavy atom. The topological polar surface area (TPSA) is 77.8 Å². The van der Waals surface area contributed by atoms with E-state index in [4.69, 9.17) is 16.7 Å². The number of carbonyl (C=O) groups excluding carboxylic acids is 1. The maximum Gasteiger partial charge on any atom is 0.151 e. The van der Waals surface area contributed by atoms with E-state index in [9.17, 15) is 15.0 Å². The first kappa shape index (κ1) is 13.1. The van der Waals surface area contributed by atoms with E-state index in [-0.39, 0.29) is 29.2 Å². The smallest absolute Gasteiger partial charge is 0.151 e. The highest BCUT2D eigenvalue weighted by atomic mass is 35.5. The third-order valence-corrected chi connectivity index (χ3v) is 2.64. The van der Waals surface area contributed by atoms with Crippen LogP contribution < -0.4 is 0 Å². The lowest BCUT2D eigenvalue weighted by Crippen LogP contribution is -2.20. The molecule has 16 heavy (non-hydrogen) atoms. The summed E-state index contributed by atoms with van der Waals surface area (Å²) in [5.74, 6) is 0. The molecule has 2 atom stereocenters. The van der Waals surface area contributed by atoms with Crippen molar-refractivity contribution < 1.29 is 20.1 Å². The van der Waals surface area contributed by atoms with Crippen LogP contribution in [0.5, 0.6) is 0 Å². The summed E-state index contributed by atoms with van der Waals surface area (Å²) in [6.07, 6.45) is -1.79. The van der Waals surface area contributed by atoms with Gasteiger partial charge in [0.25, 0.3) is 0 Å². The van der Waals surface area contributed by atoms with E-state index in [1.165, 1.54) is 12.1 Å². The molecule has 0 heterocycles. The average molecular weight is 245 g/mol. The molecule has 0 aliphatic rings. The van der Waals surface area contributed by atoms with Gasteiger partial charge in [-0.3, -0.25) is 4.79 Å². The molecule has 0 fully saturated rings. The fourth-order valence-electron chi connectivity index (χ4n) is 1.43. The molecule has 0 amide bonds. The molecule has 0 spiro atoms. The molecule has 0 saturated carbocycles. The summed E-state index contributed by atoms with van der Waals surface area (Å²) in [4.78, 5) is 10.8. The standard InChI is InChI=1S/C11H13ClO4/c12-9-3-1-2-7(8(9)6-14)11(16)10(15)4-5-13/h1-3,6,10-11,13,15-16H,4-5H2. The minimum Gasteiger partial charge on any atom is -0.396 e. The number of halogens is 1. The van der Waals surface area contributed by atoms with Crippen LogP contribution in [-0.4, -0.2) is 34.3 Å². The van der Waals surface area contributed by atoms with E-state index in [0.29, 0.717) is 6.29 Å². The number of aliphatic hydroxyl groups is 3. The van der Waals surface area contributed by atoms with Gasteiger partial charge in [-0.2, -0.15) is 0 Å². The van der Waals surface area contributed by atoms with Crippen molar-refractivity contribution in [3.63, 3.8) is 0 Å². The molecular formula is C11H13ClO4. The van der Waals surface area contributed by atoms with Crippen molar-refractivity contribution >= 4 is 17.9 Å². The van der Waals surface area contributed by atoms with Crippen LogP contribution in [0.4, 0.5) is 0 Å². The van der Waals surface area contributed by atoms with Gasteiger partial charge < -0.3 is 15.3 Å². The summed E-state index contributed by atoms with van der Waals surface area (Å²) in [5, 5.41) is 28.2. The fraction of sp³-hybridized carbons (Fsp3) is 0.364. The monoisotopic (exact) mass is 244 g/mol. The van der Waals surface area contributed by atoms with Gasteiger partial charge in [0.2, 0.25) is 0 Å². The maximum absolute atomic E-state index is 10.8. The van der Waals surface area contributed by atoms with Crippen molar-refractivity contribution in [1.29, 1.82) is 0 Å². The molecule has 5 heteroatoms. The van der Waals surface area contributed by atoms with Gasteiger partial charge in [0.05, 0.1) is 11.1 Å². The summed E-state index contributed by atoms with van der Waals surface area (Å²) in [7, 11) is 0. The fourth-order valence-corrected chi connectivity index (χ4v) is 1.66. The summed E-state index contributed by atoms with van der Waals surface area (Å²) in [5.41, 5.74) is 0.428. The zero-order chi connectivity index (χ0) is 12.1. The number of hydrogen-bond acceptors (Lipinski definition) is 4. The third-order valence-electron chi connectivity index (χ3n) is 2.31. The van der Waals surface area contributed by atoms with Gasteiger partial charge in [0.1, 0.15) is 6.10 Å². The van der Waals surface area contributed by atoms with Crippen LogP contribution in [0.25, 0.3) is 0 Å². The van der Waals surface area contributed by atoms with E-state index >= 15 is 0 Å². The van der Waals surface area contributed by atoms with Gasteiger partial charge in [-0.15, -0.1) is 0 Å². The van der Waals surface area contributed by atoms with Gasteiger partial charge in [0, 0.05) is 12.2 Å². The summed E-state index contributed by atoms with van der Waals surface area (Å²) < 4.78 is 0. The maximum atomic E-state index is 10.8. The quantitative estimate of drug-likeness (QED) is 0.674. The van der Waals surface area contributed by atoms with Crippen molar-refractivity contribution in [2.24, 2.45) is 0 Å². The lowest BCUT2D eigenvalue weighted by molar-refractivity contribution is 0.00396. The highest BCUT2D eigenvalue weighted by Gasteiger charge is 2.21. The van der Waals surface area contributed by atoms with Crippen LogP contribution in [-0.2, 0) is 0 Å². The molecular weight excluding hydrogens is 232 g/mol. The second-order valence-corrected chi connectivity index (χ2v) is 3.79. The molecule has 1 aromatic carbocycles. The first-order valence-corrected chi connectivity index (χ1v) is 5.20. The molecule has 0 radical (unpaired) electrons. The minimum atomic E-state index is -1.23. The van der Waals surface area contributed by atoms with Gasteiger partial charge in [-0.25, -0.2) is 0 Å². The molecule has 1 rings (SSSR count). The first-order valence-electron chi connectivity index (χ1n) is 4.82. The van der Waals surface area contributed by atoms with Gasteiger partial charge in [-0.1, -0.05) is 23.7 Å². The molecule has 88 valence electrons. The minimum absolute atomic E-state index is 0.0337. The Balaban J connectivity index is 3.03. The van der Waals surface area contributed by atoms with E-state index < -0.39 is 12.2 Å². The Morgan fingerprint density at radius 2 is 2.06 bits per heavy atom. The van der Waals surface area contributed by atoms with Crippen LogP contribution in [0.2, 0.25) is 5.02 Å². The molecule has 0 aromatic heterocycles. The normalized spacial score (nSPS) is 14.5. The Labute approximate surface area is 98.1 Å². The number of rotatable bonds is 5. The molecule has 2 unspecified atom stereocenters. The van der Waals surface area contributed by atoms with Crippen molar-refractivity contribution in [2.45, 2.75) is 18.6 Å². The Hall–Kier alpha value is -0.940. The van der Waals surface area contributed by atoms with Crippen molar-refractivity contribution in [1.82, 2.24) is 0 Å². The highest BCUT2D eigenvalue weighted by Crippen LogP contribution is 2.26. The first-order chi connectivity index (χ1) is 7.61. The summed E-state index contributed by atoms with van der Waals surface area (Å²) in [6, 6.07) is 4.63. The Morgan fingerprint density at radius 1 is 1.38 bits per heavy atom. The molecule has 4 nitrogen and oxygen atoms in total. The number of benzene rings is 1. The molecule has 0 bridgehead atoms. The zero-order valence-corrected chi connectivity index (χ0v) is 9.26. The Bertz CT molecular complexity index is 367. The van der Waals surface area contributed by atoms with Crippen molar-refractivity contribution in [3.8, 4) is 0 Å². The lowest BCUT2D eigenvalue weighted by atomic mass is 9.98. The van der Waals surface area contributed by atoms with Crippen LogP contribution >= 0.6 is 11.6 Å². The second kappa shape index (κ2) is 5.96. The van der Waals surface area contributed by atoms with E-state index in [1.54, 1.807) is 6.07 Å². The van der Waals surface area contributed by atoms with Crippen molar-refractivity contribution in [3.05, 3.63) is 34.3 Å². The third kappa shape index (κ3) is 2.80. The van der Waals surface area contributed by atoms with Crippen molar-refractivity contribution in [2.75, 3.05) is 6.61 Å². The summed E-state index contributed by atoms with van der Waals surface area (Å²) in [6.45, 7) is -0.241. The molecule has 0 aliphatic heterocycles. The average Bonchev–Trinajstić information content (AvgIpc) is 2.28. The van der Waals surface area contributed by atoms with Crippen LogP contribution in [0.1, 0.15) is 28.4 Å². The number of carbonyl (C=O) groups is 1. The second-order valence-electron chi connectivity index (χ2n) is 3.39. The predicted octanol–water partition coefficient (Wildman–Crippen LogP) is 0.929. The van der Waals surface area contributed by atoms with Crippen LogP contribution in [0, 0.1) is 0 Å². The SMILES string of the molecule is O=Cc1c(Cl)cccc1C(O)C(O)CCO. The largest absolute Gasteiger partial charge is 0.396 e. The van der Waals surface area contributed by atoms with Crippen LogP contribution in [0.3, 0.4) is 0 Å². The molecule has 1 aromatic rings. The molecule has 3 N–H and O–H groups in total. The number of aliphatic hydroxyl groups excluding tert-OH is 3. The lowest BCUT2D eigenvalue weighted by Gasteiger charge is -2.19. The predicted molar refractivity (Wildman–Crippen MR) is 59.5 cm³/mol. The molecule has 0 saturated heterocycles. The highest BCUT2D eigenvalue weighted by molar-refractivity contribution is 6.33. The van der Waals surface area contributed by atoms with Gasteiger partial charge in [-0.05, 0) is 18.1 Å². The van der Waals surface area contributed by atoms with Crippen LogP contribution in [0.15, 0.2) is 18.2 Å².